The van der Waals surface area contributed by atoms with Crippen LogP contribution in [0.3, 0.4) is 0 Å². The van der Waals surface area contributed by atoms with E-state index < -0.39 is 0 Å². The second kappa shape index (κ2) is 14.5. The lowest BCUT2D eigenvalue weighted by molar-refractivity contribution is -0.500. The molecular weight excluding hydrogens is 672 g/mol. The molecule has 0 fully saturated rings. The van der Waals surface area contributed by atoms with Gasteiger partial charge in [0.25, 0.3) is 5.96 Å². The van der Waals surface area contributed by atoms with Crippen molar-refractivity contribution in [2.45, 2.75) is 0 Å². The summed E-state index contributed by atoms with van der Waals surface area (Å²) in [7, 11) is 4.81. The highest BCUT2D eigenvalue weighted by Crippen LogP contribution is 2.22. The molecule has 0 amide bonds. The number of hydrazine groups is 1. The molecule has 0 saturated carbocycles. The predicted octanol–water partition coefficient (Wildman–Crippen LogP) is 4.02. The smallest absolute Gasteiger partial charge is 0.291 e. The highest BCUT2D eigenvalue weighted by molar-refractivity contribution is 9.11. The highest BCUT2D eigenvalue weighted by Gasteiger charge is 2.06. The van der Waals surface area contributed by atoms with Crippen molar-refractivity contribution < 1.29 is 19.3 Å². The standard InChI is InChI=1S/C25H23Br3N6O3/c1-35-22-7-4-19(26)10-16(22)13-29-32-25(33-30-14-17-11-20(27)5-8-23(17)36-2)34-31-15-18-12-21(28)6-9-24(18)37-3/h4-15H,1-3H3,(H2,32,33,34)/p+1/b29-13-,30-14+,31-15+. The number of hydrazone groups is 2. The van der Waals surface area contributed by atoms with Crippen molar-refractivity contribution in [1.82, 2.24) is 10.9 Å². The molecular formula is C25H24Br3N6O3+. The molecule has 3 N–H and O–H groups in total. The van der Waals surface area contributed by atoms with Gasteiger partial charge < -0.3 is 14.2 Å². The van der Waals surface area contributed by atoms with Crippen molar-refractivity contribution in [3.63, 3.8) is 0 Å². The molecule has 0 atom stereocenters. The number of nitrogens with zero attached hydrogens (tertiary/aromatic N) is 3. The van der Waals surface area contributed by atoms with E-state index >= 15 is 0 Å². The summed E-state index contributed by atoms with van der Waals surface area (Å²) in [4.78, 5) is 0. The number of halogens is 3. The van der Waals surface area contributed by atoms with Crippen LogP contribution in [0.5, 0.6) is 17.2 Å². The molecule has 0 radical (unpaired) electrons. The summed E-state index contributed by atoms with van der Waals surface area (Å²) in [6.45, 7) is 0. The van der Waals surface area contributed by atoms with E-state index in [0.717, 1.165) is 30.1 Å². The molecule has 0 aromatic heterocycles. The Kier molecular flexibility index (Phi) is 11.1. The Labute approximate surface area is 240 Å². The quantitative estimate of drug-likeness (QED) is 0.178. The highest BCUT2D eigenvalue weighted by atomic mass is 79.9. The molecule has 0 aliphatic carbocycles. The number of hydrogen-bond donors (Lipinski definition) is 3. The summed E-state index contributed by atoms with van der Waals surface area (Å²) in [6, 6.07) is 16.9. The Bertz CT molecular complexity index is 1280. The van der Waals surface area contributed by atoms with Crippen LogP contribution in [0.4, 0.5) is 0 Å². The zero-order valence-corrected chi connectivity index (χ0v) is 24.9. The number of nitrogens with one attached hydrogen (secondary N) is 3. The number of rotatable bonds is 9. The van der Waals surface area contributed by atoms with E-state index in [1.165, 1.54) is 0 Å². The third-order valence-electron chi connectivity index (χ3n) is 4.72. The fourth-order valence-corrected chi connectivity index (χ4v) is 4.14. The number of hydrogen-bond acceptors (Lipinski definition) is 6. The number of methoxy groups -OCH3 is 3. The Morgan fingerprint density at radius 2 is 1.22 bits per heavy atom. The molecule has 0 unspecified atom stereocenters. The van der Waals surface area contributed by atoms with Gasteiger partial charge in [-0.3, -0.25) is 0 Å². The summed E-state index contributed by atoms with van der Waals surface area (Å²) < 4.78 is 18.9. The molecule has 0 saturated heterocycles. The van der Waals surface area contributed by atoms with Crippen molar-refractivity contribution in [1.29, 1.82) is 0 Å². The Morgan fingerprint density at radius 1 is 0.730 bits per heavy atom. The van der Waals surface area contributed by atoms with Gasteiger partial charge in [-0.2, -0.15) is 10.2 Å². The van der Waals surface area contributed by atoms with Gasteiger partial charge in [-0.15, -0.1) is 15.6 Å². The van der Waals surface area contributed by atoms with Crippen LogP contribution >= 0.6 is 47.8 Å². The molecule has 37 heavy (non-hydrogen) atoms. The van der Waals surface area contributed by atoms with Crippen molar-refractivity contribution in [3.05, 3.63) is 84.7 Å². The minimum Gasteiger partial charge on any atom is -0.496 e. The van der Waals surface area contributed by atoms with Gasteiger partial charge in [0, 0.05) is 24.5 Å². The van der Waals surface area contributed by atoms with Crippen LogP contribution in [0.15, 0.2) is 83.3 Å². The van der Waals surface area contributed by atoms with Gasteiger partial charge in [-0.05, 0) is 54.6 Å². The second-order valence-electron chi connectivity index (χ2n) is 7.14. The molecule has 192 valence electrons. The molecule has 0 aliphatic heterocycles. The van der Waals surface area contributed by atoms with Gasteiger partial charge in [0.1, 0.15) is 17.2 Å². The minimum absolute atomic E-state index is 0.223. The predicted molar refractivity (Wildman–Crippen MR) is 157 cm³/mol. The molecule has 3 aromatic rings. The summed E-state index contributed by atoms with van der Waals surface area (Å²) in [5.41, 5.74) is 8.13. The van der Waals surface area contributed by atoms with Gasteiger partial charge in [0.2, 0.25) is 6.21 Å². The SMILES string of the molecule is COc1ccc(Br)cc1/C=N\N/C(=N\N=C\c1cc(Br)ccc1OC)N/[NH+]=C/c1cc(Br)ccc1OC. The van der Waals surface area contributed by atoms with Crippen molar-refractivity contribution in [2.24, 2.45) is 15.3 Å². The Morgan fingerprint density at radius 3 is 1.76 bits per heavy atom. The number of ether oxygens (including phenoxy) is 3. The average molecular weight is 696 g/mol. The summed E-state index contributed by atoms with van der Waals surface area (Å²) >= 11 is 10.4. The molecule has 0 bridgehead atoms. The fraction of sp³-hybridized carbons (Fsp3) is 0.120. The summed E-state index contributed by atoms with van der Waals surface area (Å²) in [5, 5.41) is 15.7. The van der Waals surface area contributed by atoms with Gasteiger partial charge in [-0.1, -0.05) is 47.8 Å². The monoisotopic (exact) mass is 693 g/mol. The van der Waals surface area contributed by atoms with Crippen LogP contribution in [0, 0.1) is 0 Å². The molecule has 3 rings (SSSR count). The van der Waals surface area contributed by atoms with Crippen LogP contribution in [0.1, 0.15) is 16.7 Å². The molecule has 0 heterocycles. The topological polar surface area (TPSA) is 103 Å². The van der Waals surface area contributed by atoms with Gasteiger partial charge >= 0.3 is 0 Å². The molecule has 3 aromatic carbocycles. The van der Waals surface area contributed by atoms with Crippen LogP contribution in [0.25, 0.3) is 0 Å². The van der Waals surface area contributed by atoms with Crippen molar-refractivity contribution in [2.75, 3.05) is 21.3 Å². The maximum atomic E-state index is 5.40. The van der Waals surface area contributed by atoms with Gasteiger partial charge in [0.05, 0.1) is 39.3 Å². The average Bonchev–Trinajstić information content (AvgIpc) is 2.89. The molecule has 0 aliphatic rings. The maximum absolute atomic E-state index is 5.40. The third kappa shape index (κ3) is 8.69. The number of guanidine groups is 1. The van der Waals surface area contributed by atoms with E-state index in [1.807, 2.05) is 54.6 Å². The van der Waals surface area contributed by atoms with E-state index in [-0.39, 0.29) is 5.96 Å². The van der Waals surface area contributed by atoms with E-state index in [9.17, 15) is 0 Å². The molecule has 9 nitrogen and oxygen atoms in total. The van der Waals surface area contributed by atoms with E-state index in [0.29, 0.717) is 17.2 Å². The summed E-state index contributed by atoms with van der Waals surface area (Å²) in [5.74, 6) is 2.26. The number of benzene rings is 3. The Hall–Kier alpha value is -3.22. The minimum atomic E-state index is 0.223. The lowest BCUT2D eigenvalue weighted by atomic mass is 10.2. The summed E-state index contributed by atoms with van der Waals surface area (Å²) in [6.07, 6.45) is 4.92. The fourth-order valence-electron chi connectivity index (χ4n) is 3.00. The van der Waals surface area contributed by atoms with Crippen molar-refractivity contribution in [3.8, 4) is 17.2 Å². The Balaban J connectivity index is 1.84. The first-order valence-corrected chi connectivity index (χ1v) is 13.1. The first-order valence-electron chi connectivity index (χ1n) is 10.7. The zero-order valence-electron chi connectivity index (χ0n) is 20.1. The molecule has 12 heteroatoms. The van der Waals surface area contributed by atoms with E-state index in [1.54, 1.807) is 40.0 Å². The second-order valence-corrected chi connectivity index (χ2v) is 9.88. The van der Waals surface area contributed by atoms with E-state index in [4.69, 9.17) is 14.2 Å². The largest absolute Gasteiger partial charge is 0.496 e. The maximum Gasteiger partial charge on any atom is 0.291 e. The van der Waals surface area contributed by atoms with Gasteiger partial charge in [-0.25, -0.2) is 5.43 Å². The third-order valence-corrected chi connectivity index (χ3v) is 6.20. The van der Waals surface area contributed by atoms with Crippen molar-refractivity contribution >= 4 is 72.4 Å². The van der Waals surface area contributed by atoms with Gasteiger partial charge in [0.15, 0.2) is 0 Å². The van der Waals surface area contributed by atoms with E-state index in [2.05, 4.69) is 79.0 Å². The first kappa shape index (κ1) is 28.4. The zero-order chi connectivity index (χ0) is 26.6. The van der Waals surface area contributed by atoms with Crippen LogP contribution in [0.2, 0.25) is 0 Å². The normalized spacial score (nSPS) is 11.9. The molecule has 0 spiro atoms. The lowest BCUT2D eigenvalue weighted by Crippen LogP contribution is -2.83. The van der Waals surface area contributed by atoms with Crippen LogP contribution in [-0.4, -0.2) is 45.9 Å². The first-order chi connectivity index (χ1) is 17.9. The van der Waals surface area contributed by atoms with Crippen LogP contribution in [-0.2, 0) is 0 Å². The lowest BCUT2D eigenvalue weighted by Gasteiger charge is -2.05. The van der Waals surface area contributed by atoms with Crippen LogP contribution < -0.4 is 30.2 Å².